The van der Waals surface area contributed by atoms with Crippen LogP contribution in [0.25, 0.3) is 10.9 Å². The molecule has 0 aliphatic carbocycles. The number of Topliss-reactive ketones (excluding diaryl/α,β-unsaturated/α-hetero) is 1. The number of nitrogens with one attached hydrogen (secondary N) is 1. The maximum absolute atomic E-state index is 13.2. The first-order chi connectivity index (χ1) is 16.3. The molecule has 1 N–H and O–H groups in total. The van der Waals surface area contributed by atoms with Crippen LogP contribution in [0, 0.1) is 0 Å². The van der Waals surface area contributed by atoms with Crippen LogP contribution < -0.4 is 5.32 Å². The summed E-state index contributed by atoms with van der Waals surface area (Å²) in [6.45, 7) is 5.54. The van der Waals surface area contributed by atoms with Gasteiger partial charge in [0.1, 0.15) is 6.54 Å². The Morgan fingerprint density at radius 2 is 1.53 bits per heavy atom. The van der Waals surface area contributed by atoms with E-state index in [1.807, 2.05) is 73.3 Å². The minimum Gasteiger partial charge on any atom is -0.344 e. The van der Waals surface area contributed by atoms with Crippen LogP contribution in [0.15, 0.2) is 60.8 Å². The summed E-state index contributed by atoms with van der Waals surface area (Å²) < 4.78 is 1.80. The molecule has 1 saturated heterocycles. The average Bonchev–Trinajstić information content (AvgIpc) is 2.98. The lowest BCUT2D eigenvalue weighted by Gasteiger charge is -2.26. The van der Waals surface area contributed by atoms with Crippen LogP contribution in [0.4, 0.5) is 0 Å². The van der Waals surface area contributed by atoms with Crippen LogP contribution in [-0.4, -0.2) is 45.7 Å². The molecule has 2 amide bonds. The van der Waals surface area contributed by atoms with Gasteiger partial charge in [0.25, 0.3) is 11.7 Å². The molecule has 6 nitrogen and oxygen atoms in total. The minimum absolute atomic E-state index is 0.0510. The summed E-state index contributed by atoms with van der Waals surface area (Å²) in [6, 6.07) is 17.3. The number of benzene rings is 2. The number of fused-ring (bicyclic) bond motifs is 1. The first kappa shape index (κ1) is 23.7. The van der Waals surface area contributed by atoms with Gasteiger partial charge in [-0.1, -0.05) is 61.4 Å². The third-order valence-electron chi connectivity index (χ3n) is 6.44. The lowest BCUT2D eigenvalue weighted by atomic mass is 9.94. The topological polar surface area (TPSA) is 71.4 Å². The van der Waals surface area contributed by atoms with Crippen LogP contribution in [-0.2, 0) is 22.6 Å². The number of amides is 2. The summed E-state index contributed by atoms with van der Waals surface area (Å²) in [6.07, 6.45) is 6.64. The highest BCUT2D eigenvalue weighted by atomic mass is 16.2. The molecule has 2 aromatic carbocycles. The number of rotatable bonds is 7. The Hall–Kier alpha value is -3.41. The lowest BCUT2D eigenvalue weighted by molar-refractivity contribution is -0.131. The predicted octanol–water partition coefficient (Wildman–Crippen LogP) is 4.36. The molecule has 0 unspecified atom stereocenters. The molecular formula is C28H33N3O3. The van der Waals surface area contributed by atoms with Gasteiger partial charge in [-0.05, 0) is 44.7 Å². The first-order valence-corrected chi connectivity index (χ1v) is 12.1. The molecule has 1 aliphatic heterocycles. The zero-order valence-corrected chi connectivity index (χ0v) is 20.0. The Kier molecular flexibility index (Phi) is 7.15. The van der Waals surface area contributed by atoms with Gasteiger partial charge in [0.05, 0.1) is 5.56 Å². The Morgan fingerprint density at radius 1 is 0.882 bits per heavy atom. The second-order valence-corrected chi connectivity index (χ2v) is 9.81. The summed E-state index contributed by atoms with van der Waals surface area (Å²) in [5, 5.41) is 3.59. The van der Waals surface area contributed by atoms with Gasteiger partial charge in [0, 0.05) is 35.7 Å². The van der Waals surface area contributed by atoms with E-state index in [0.29, 0.717) is 17.4 Å². The van der Waals surface area contributed by atoms with Gasteiger partial charge >= 0.3 is 0 Å². The number of nitrogens with zero attached hydrogens (tertiary/aromatic N) is 2. The van der Waals surface area contributed by atoms with E-state index < -0.39 is 17.2 Å². The maximum Gasteiger partial charge on any atom is 0.292 e. The molecule has 0 atom stereocenters. The Morgan fingerprint density at radius 3 is 2.24 bits per heavy atom. The molecule has 2 heterocycles. The standard InChI is InChI=1S/C28H33N3O3/c1-28(2,18-21-12-6-5-7-13-21)29-27(34)26(33)23-19-31(24-15-9-8-14-22(23)24)20-25(32)30-16-10-3-4-11-17-30/h5-9,12-15,19H,3-4,10-11,16-18,20H2,1-2H3,(H,29,34). The molecule has 0 saturated carbocycles. The fraction of sp³-hybridized carbons (Fsp3) is 0.393. The molecule has 0 bridgehead atoms. The van der Waals surface area contributed by atoms with Crippen LogP contribution in [0.3, 0.4) is 0 Å². The number of hydrogen-bond donors (Lipinski definition) is 1. The smallest absolute Gasteiger partial charge is 0.292 e. The van der Waals surface area contributed by atoms with Crippen molar-refractivity contribution in [2.75, 3.05) is 13.1 Å². The highest BCUT2D eigenvalue weighted by Gasteiger charge is 2.28. The van der Waals surface area contributed by atoms with Crippen LogP contribution in [0.2, 0.25) is 0 Å². The Labute approximate surface area is 200 Å². The summed E-state index contributed by atoms with van der Waals surface area (Å²) in [5.74, 6) is -1.17. The monoisotopic (exact) mass is 459 g/mol. The van der Waals surface area contributed by atoms with Crippen LogP contribution >= 0.6 is 0 Å². The molecule has 3 aromatic rings. The lowest BCUT2D eigenvalue weighted by Crippen LogP contribution is -2.47. The van der Waals surface area contributed by atoms with E-state index in [0.717, 1.165) is 49.9 Å². The van der Waals surface area contributed by atoms with Crippen LogP contribution in [0.1, 0.15) is 55.5 Å². The van der Waals surface area contributed by atoms with E-state index in [2.05, 4.69) is 5.32 Å². The zero-order chi connectivity index (χ0) is 24.1. The number of hydrogen-bond acceptors (Lipinski definition) is 3. The van der Waals surface area contributed by atoms with Gasteiger partial charge in [-0.15, -0.1) is 0 Å². The SMILES string of the molecule is CC(C)(Cc1ccccc1)NC(=O)C(=O)c1cn(CC(=O)N2CCCCCC2)c2ccccc12. The predicted molar refractivity (Wildman–Crippen MR) is 134 cm³/mol. The van der Waals surface area contributed by atoms with Crippen LogP contribution in [0.5, 0.6) is 0 Å². The number of ketones is 1. The second-order valence-electron chi connectivity index (χ2n) is 9.81. The summed E-state index contributed by atoms with van der Waals surface area (Å²) >= 11 is 0. The molecule has 34 heavy (non-hydrogen) atoms. The molecular weight excluding hydrogens is 426 g/mol. The van der Waals surface area contributed by atoms with E-state index in [1.165, 1.54) is 0 Å². The first-order valence-electron chi connectivity index (χ1n) is 12.1. The number of carbonyl (C=O) groups excluding carboxylic acids is 3. The van der Waals surface area contributed by atoms with Gasteiger partial charge < -0.3 is 14.8 Å². The van der Waals surface area contributed by atoms with Crippen molar-refractivity contribution in [3.63, 3.8) is 0 Å². The van der Waals surface area contributed by atoms with E-state index >= 15 is 0 Å². The molecule has 4 rings (SSSR count). The van der Waals surface area contributed by atoms with Crippen molar-refractivity contribution in [1.29, 1.82) is 0 Å². The maximum atomic E-state index is 13.2. The minimum atomic E-state index is -0.636. The third kappa shape index (κ3) is 5.56. The van der Waals surface area contributed by atoms with Crippen molar-refractivity contribution >= 4 is 28.5 Å². The van der Waals surface area contributed by atoms with Crippen molar-refractivity contribution in [3.05, 3.63) is 71.9 Å². The number of para-hydroxylation sites is 1. The van der Waals surface area contributed by atoms with Gasteiger partial charge in [-0.3, -0.25) is 14.4 Å². The molecule has 1 fully saturated rings. The number of carbonyl (C=O) groups is 3. The second kappa shape index (κ2) is 10.2. The quantitative estimate of drug-likeness (QED) is 0.421. The summed E-state index contributed by atoms with van der Waals surface area (Å²) in [4.78, 5) is 41.1. The number of aromatic nitrogens is 1. The van der Waals surface area contributed by atoms with Crippen molar-refractivity contribution in [3.8, 4) is 0 Å². The van der Waals surface area contributed by atoms with E-state index in [4.69, 9.17) is 0 Å². The van der Waals surface area contributed by atoms with Crippen molar-refractivity contribution < 1.29 is 14.4 Å². The fourth-order valence-corrected chi connectivity index (χ4v) is 4.76. The van der Waals surface area contributed by atoms with Crippen molar-refractivity contribution in [2.45, 2.75) is 58.0 Å². The van der Waals surface area contributed by atoms with Gasteiger partial charge in [0.2, 0.25) is 5.91 Å². The average molecular weight is 460 g/mol. The highest BCUT2D eigenvalue weighted by Crippen LogP contribution is 2.23. The van der Waals surface area contributed by atoms with Gasteiger partial charge in [-0.2, -0.15) is 0 Å². The normalized spacial score (nSPS) is 14.6. The third-order valence-corrected chi connectivity index (χ3v) is 6.44. The highest BCUT2D eigenvalue weighted by molar-refractivity contribution is 6.45. The van der Waals surface area contributed by atoms with Crippen molar-refractivity contribution in [2.24, 2.45) is 0 Å². The molecule has 1 aliphatic rings. The summed E-state index contributed by atoms with van der Waals surface area (Å²) in [7, 11) is 0. The van der Waals surface area contributed by atoms with E-state index in [1.54, 1.807) is 10.8 Å². The largest absolute Gasteiger partial charge is 0.344 e. The molecule has 178 valence electrons. The van der Waals surface area contributed by atoms with Crippen molar-refractivity contribution in [1.82, 2.24) is 14.8 Å². The van der Waals surface area contributed by atoms with Gasteiger partial charge in [0.15, 0.2) is 0 Å². The molecule has 6 heteroatoms. The molecule has 1 aromatic heterocycles. The zero-order valence-electron chi connectivity index (χ0n) is 20.0. The molecule has 0 spiro atoms. The van der Waals surface area contributed by atoms with Gasteiger partial charge in [-0.25, -0.2) is 0 Å². The Balaban J connectivity index is 1.52. The Bertz CT molecular complexity index is 1170. The molecule has 0 radical (unpaired) electrons. The van der Waals surface area contributed by atoms with E-state index in [-0.39, 0.29) is 12.5 Å². The number of likely N-dealkylation sites (tertiary alicyclic amines) is 1. The fourth-order valence-electron chi connectivity index (χ4n) is 4.76. The summed E-state index contributed by atoms with van der Waals surface area (Å²) in [5.41, 5.74) is 1.61. The van der Waals surface area contributed by atoms with E-state index in [9.17, 15) is 14.4 Å².